The summed E-state index contributed by atoms with van der Waals surface area (Å²) in [5.41, 5.74) is 0.964. The van der Waals surface area contributed by atoms with E-state index in [1.165, 1.54) is 17.3 Å². The summed E-state index contributed by atoms with van der Waals surface area (Å²) in [6, 6.07) is 10.6. The molecule has 1 aromatic carbocycles. The van der Waals surface area contributed by atoms with Gasteiger partial charge in [0.25, 0.3) is 0 Å². The molecule has 1 aromatic heterocycles. The predicted molar refractivity (Wildman–Crippen MR) is 83.2 cm³/mol. The third-order valence-electron chi connectivity index (χ3n) is 4.00. The van der Waals surface area contributed by atoms with E-state index in [-0.39, 0.29) is 6.04 Å². The van der Waals surface area contributed by atoms with E-state index in [1.807, 2.05) is 12.1 Å². The van der Waals surface area contributed by atoms with Crippen molar-refractivity contribution in [2.24, 2.45) is 0 Å². The van der Waals surface area contributed by atoms with Gasteiger partial charge in [0.15, 0.2) is 11.9 Å². The lowest BCUT2D eigenvalue weighted by Crippen LogP contribution is -2.37. The Labute approximate surface area is 134 Å². The molecule has 6 nitrogen and oxygen atoms in total. The second kappa shape index (κ2) is 6.56. The fraction of sp³-hybridized carbons (Fsp3) is 0.294. The summed E-state index contributed by atoms with van der Waals surface area (Å²) < 4.78 is 6.30. The van der Waals surface area contributed by atoms with Gasteiger partial charge in [-0.2, -0.15) is 4.73 Å². The average Bonchev–Trinajstić information content (AvgIpc) is 2.55. The molecule has 2 aromatic rings. The molecule has 23 heavy (non-hydrogen) atoms. The van der Waals surface area contributed by atoms with E-state index in [1.54, 1.807) is 24.3 Å². The van der Waals surface area contributed by atoms with Gasteiger partial charge in [-0.3, -0.25) is 0 Å². The highest BCUT2D eigenvalue weighted by Crippen LogP contribution is 2.32. The number of amides is 1. The smallest absolute Gasteiger partial charge is 0.407 e. The number of likely N-dealkylation sites (tertiary alicyclic amines) is 1. The summed E-state index contributed by atoms with van der Waals surface area (Å²) in [5.74, 6) is 1.07. The molecule has 3 rings (SSSR count). The normalized spacial score (nSPS) is 17.7. The van der Waals surface area contributed by atoms with Crippen molar-refractivity contribution in [3.05, 3.63) is 59.6 Å². The van der Waals surface area contributed by atoms with Gasteiger partial charge in [-0.15, -0.1) is 0 Å². The number of piperidine rings is 1. The highest BCUT2D eigenvalue weighted by atomic mass is 16.5. The van der Waals surface area contributed by atoms with Crippen LogP contribution in [-0.4, -0.2) is 22.6 Å². The maximum atomic E-state index is 11.3. The predicted octanol–water partition coefficient (Wildman–Crippen LogP) is 3.32. The Morgan fingerprint density at radius 2 is 2.00 bits per heavy atom. The lowest BCUT2D eigenvalue weighted by atomic mass is 9.95. The van der Waals surface area contributed by atoms with Gasteiger partial charge in [0, 0.05) is 12.6 Å². The number of hydrogen-bond donors (Lipinski definition) is 1. The van der Waals surface area contributed by atoms with Gasteiger partial charge < -0.3 is 20.0 Å². The molecule has 0 radical (unpaired) electrons. The minimum atomic E-state index is -0.876. The molecule has 0 spiro atoms. The summed E-state index contributed by atoms with van der Waals surface area (Å²) in [4.78, 5) is 12.8. The minimum absolute atomic E-state index is 0.101. The molecule has 1 saturated heterocycles. The number of benzene rings is 1. The fourth-order valence-corrected chi connectivity index (χ4v) is 2.90. The SMILES string of the molecule is O=C(O)N1CCCCC1c1ccc(Oc2ccc[n+]([O-])c2)cc1. The van der Waals surface area contributed by atoms with Crippen LogP contribution in [0.1, 0.15) is 30.9 Å². The summed E-state index contributed by atoms with van der Waals surface area (Å²) in [6.07, 6.45) is 4.63. The topological polar surface area (TPSA) is 76.7 Å². The van der Waals surface area contributed by atoms with Crippen LogP contribution >= 0.6 is 0 Å². The molecular formula is C17H18N2O4. The Balaban J connectivity index is 1.75. The number of hydrogen-bond acceptors (Lipinski definition) is 3. The molecule has 120 valence electrons. The lowest BCUT2D eigenvalue weighted by Gasteiger charge is -2.33. The molecule has 1 amide bonds. The zero-order chi connectivity index (χ0) is 16.2. The van der Waals surface area contributed by atoms with Crippen LogP contribution in [0.25, 0.3) is 0 Å². The number of nitrogens with zero attached hydrogens (tertiary/aromatic N) is 2. The molecule has 6 heteroatoms. The number of carbonyl (C=O) groups is 1. The highest BCUT2D eigenvalue weighted by Gasteiger charge is 2.27. The number of aromatic nitrogens is 1. The maximum Gasteiger partial charge on any atom is 0.407 e. The standard InChI is InChI=1S/C17H18N2O4/c20-17(21)19-11-2-1-5-16(19)13-6-8-14(9-7-13)23-15-4-3-10-18(22)12-15/h3-4,6-10,12,16H,1-2,5,11H2,(H,20,21). The van der Waals surface area contributed by atoms with Crippen LogP contribution in [0.4, 0.5) is 4.79 Å². The molecule has 1 atom stereocenters. The van der Waals surface area contributed by atoms with Crippen molar-refractivity contribution in [2.75, 3.05) is 6.54 Å². The Hall–Kier alpha value is -2.76. The minimum Gasteiger partial charge on any atom is -0.619 e. The molecule has 1 N–H and O–H groups in total. The Kier molecular flexibility index (Phi) is 4.32. The monoisotopic (exact) mass is 314 g/mol. The van der Waals surface area contributed by atoms with Gasteiger partial charge >= 0.3 is 6.09 Å². The van der Waals surface area contributed by atoms with Crippen LogP contribution in [0.15, 0.2) is 48.8 Å². The second-order valence-corrected chi connectivity index (χ2v) is 5.56. The van der Waals surface area contributed by atoms with Gasteiger partial charge in [0.05, 0.1) is 6.04 Å². The van der Waals surface area contributed by atoms with Crippen LogP contribution in [0.5, 0.6) is 11.5 Å². The summed E-state index contributed by atoms with van der Waals surface area (Å²) in [5, 5.41) is 20.5. The van der Waals surface area contributed by atoms with E-state index in [2.05, 4.69) is 0 Å². The zero-order valence-corrected chi connectivity index (χ0v) is 12.6. The first-order valence-electron chi connectivity index (χ1n) is 7.60. The van der Waals surface area contributed by atoms with E-state index in [9.17, 15) is 15.1 Å². The van der Waals surface area contributed by atoms with Crippen molar-refractivity contribution < 1.29 is 19.4 Å². The van der Waals surface area contributed by atoms with Crippen LogP contribution in [0.2, 0.25) is 0 Å². The van der Waals surface area contributed by atoms with Crippen molar-refractivity contribution in [3.8, 4) is 11.5 Å². The molecule has 0 bridgehead atoms. The van der Waals surface area contributed by atoms with Crippen LogP contribution in [0, 0.1) is 5.21 Å². The molecule has 1 unspecified atom stereocenters. The van der Waals surface area contributed by atoms with Crippen molar-refractivity contribution in [3.63, 3.8) is 0 Å². The molecule has 1 fully saturated rings. The summed E-state index contributed by atoms with van der Waals surface area (Å²) >= 11 is 0. The number of pyridine rings is 1. The summed E-state index contributed by atoms with van der Waals surface area (Å²) in [7, 11) is 0. The molecule has 1 aliphatic rings. The van der Waals surface area contributed by atoms with Crippen LogP contribution in [0.3, 0.4) is 0 Å². The Bertz CT molecular complexity index is 687. The number of rotatable bonds is 3. The second-order valence-electron chi connectivity index (χ2n) is 5.56. The lowest BCUT2D eigenvalue weighted by molar-refractivity contribution is -0.605. The molecule has 0 saturated carbocycles. The van der Waals surface area contributed by atoms with Gasteiger partial charge in [-0.05, 0) is 43.0 Å². The van der Waals surface area contributed by atoms with Crippen molar-refractivity contribution in [2.45, 2.75) is 25.3 Å². The van der Waals surface area contributed by atoms with Gasteiger partial charge in [-0.1, -0.05) is 12.1 Å². The first-order chi connectivity index (χ1) is 11.1. The van der Waals surface area contributed by atoms with E-state index >= 15 is 0 Å². The quantitative estimate of drug-likeness (QED) is 0.696. The summed E-state index contributed by atoms with van der Waals surface area (Å²) in [6.45, 7) is 0.575. The van der Waals surface area contributed by atoms with Crippen LogP contribution < -0.4 is 9.47 Å². The third kappa shape index (κ3) is 3.53. The fourth-order valence-electron chi connectivity index (χ4n) is 2.90. The van der Waals surface area contributed by atoms with E-state index in [4.69, 9.17) is 4.74 Å². The first-order valence-corrected chi connectivity index (χ1v) is 7.60. The van der Waals surface area contributed by atoms with E-state index < -0.39 is 6.09 Å². The van der Waals surface area contributed by atoms with Gasteiger partial charge in [0.1, 0.15) is 5.75 Å². The Morgan fingerprint density at radius 1 is 1.22 bits per heavy atom. The van der Waals surface area contributed by atoms with Crippen LogP contribution in [-0.2, 0) is 0 Å². The van der Waals surface area contributed by atoms with E-state index in [0.717, 1.165) is 24.8 Å². The largest absolute Gasteiger partial charge is 0.619 e. The molecule has 0 aliphatic carbocycles. The first kappa shape index (κ1) is 15.1. The number of ether oxygens (including phenoxy) is 1. The van der Waals surface area contributed by atoms with Gasteiger partial charge in [0.2, 0.25) is 6.20 Å². The highest BCUT2D eigenvalue weighted by molar-refractivity contribution is 5.66. The number of carboxylic acid groups (broad SMARTS) is 1. The van der Waals surface area contributed by atoms with Crippen molar-refractivity contribution >= 4 is 6.09 Å². The third-order valence-corrected chi connectivity index (χ3v) is 4.00. The molecule has 1 aliphatic heterocycles. The zero-order valence-electron chi connectivity index (χ0n) is 12.6. The van der Waals surface area contributed by atoms with Crippen molar-refractivity contribution in [1.82, 2.24) is 4.90 Å². The average molecular weight is 314 g/mol. The Morgan fingerprint density at radius 3 is 2.70 bits per heavy atom. The maximum absolute atomic E-state index is 11.3. The van der Waals surface area contributed by atoms with Gasteiger partial charge in [-0.25, -0.2) is 4.79 Å². The van der Waals surface area contributed by atoms with E-state index in [0.29, 0.717) is 22.8 Å². The van der Waals surface area contributed by atoms with Crippen molar-refractivity contribution in [1.29, 1.82) is 0 Å². The molecular weight excluding hydrogens is 296 g/mol. The molecule has 2 heterocycles.